The summed E-state index contributed by atoms with van der Waals surface area (Å²) in [6.45, 7) is 0. The van der Waals surface area contributed by atoms with E-state index in [9.17, 15) is 13.2 Å². The summed E-state index contributed by atoms with van der Waals surface area (Å²) in [4.78, 5) is 0. The van der Waals surface area contributed by atoms with E-state index in [1.54, 1.807) is 0 Å². The van der Waals surface area contributed by atoms with E-state index in [2.05, 4.69) is 0 Å². The highest BCUT2D eigenvalue weighted by atomic mass is 19.1. The highest BCUT2D eigenvalue weighted by Gasteiger charge is 2.26. The maximum Gasteiger partial charge on any atom is 0.133 e. The zero-order chi connectivity index (χ0) is 13.8. The molecule has 4 heteroatoms. The fraction of sp³-hybridized carbons (Fsp3) is 0.600. The average molecular weight is 271 g/mol. The van der Waals surface area contributed by atoms with Crippen LogP contribution in [0.25, 0.3) is 0 Å². The number of rotatable bonds is 2. The fourth-order valence-corrected chi connectivity index (χ4v) is 2.95. The van der Waals surface area contributed by atoms with Crippen LogP contribution in [0.3, 0.4) is 0 Å². The van der Waals surface area contributed by atoms with Gasteiger partial charge in [0, 0.05) is 23.7 Å². The molecule has 0 amide bonds. The Hall–Kier alpha value is -1.03. The van der Waals surface area contributed by atoms with Gasteiger partial charge in [-0.25, -0.2) is 13.2 Å². The van der Waals surface area contributed by atoms with Crippen LogP contribution in [0, 0.1) is 23.4 Å². The first-order valence-electron chi connectivity index (χ1n) is 6.99. The topological polar surface area (TPSA) is 26.0 Å². The van der Waals surface area contributed by atoms with Crippen molar-refractivity contribution < 1.29 is 13.2 Å². The predicted molar refractivity (Wildman–Crippen MR) is 69.1 cm³/mol. The first-order valence-corrected chi connectivity index (χ1v) is 6.99. The summed E-state index contributed by atoms with van der Waals surface area (Å²) in [6.07, 6.45) is 7.39. The normalized spacial score (nSPS) is 19.8. The van der Waals surface area contributed by atoms with Gasteiger partial charge in [0.2, 0.25) is 0 Å². The van der Waals surface area contributed by atoms with Crippen LogP contribution in [0.2, 0.25) is 0 Å². The lowest BCUT2D eigenvalue weighted by Gasteiger charge is -2.26. The minimum atomic E-state index is -0.899. The molecule has 1 atom stereocenters. The maximum atomic E-state index is 13.7. The second-order valence-corrected chi connectivity index (χ2v) is 5.41. The first-order chi connectivity index (χ1) is 9.09. The smallest absolute Gasteiger partial charge is 0.133 e. The molecule has 0 heterocycles. The monoisotopic (exact) mass is 271 g/mol. The standard InChI is InChI=1S/C15H20F3N/c16-11-8-12(17)14(13(18)9-11)15(19)10-6-4-2-1-3-5-7-10/h8-10,15H,1-7,19H2. The maximum absolute atomic E-state index is 13.7. The van der Waals surface area contributed by atoms with Gasteiger partial charge < -0.3 is 5.73 Å². The summed E-state index contributed by atoms with van der Waals surface area (Å²) in [6, 6.07) is 0.737. The van der Waals surface area contributed by atoms with Gasteiger partial charge in [-0.3, -0.25) is 0 Å². The van der Waals surface area contributed by atoms with Crippen LogP contribution in [0.15, 0.2) is 12.1 Å². The van der Waals surface area contributed by atoms with Crippen molar-refractivity contribution in [2.24, 2.45) is 11.7 Å². The summed E-state index contributed by atoms with van der Waals surface area (Å²) >= 11 is 0. The minimum Gasteiger partial charge on any atom is -0.324 e. The Balaban J connectivity index is 2.19. The summed E-state index contributed by atoms with van der Waals surface area (Å²) in [5, 5.41) is 0. The van der Waals surface area contributed by atoms with Crippen molar-refractivity contribution in [3.05, 3.63) is 35.1 Å². The van der Waals surface area contributed by atoms with Crippen LogP contribution in [0.1, 0.15) is 56.6 Å². The van der Waals surface area contributed by atoms with Crippen molar-refractivity contribution in [1.82, 2.24) is 0 Å². The lowest BCUT2D eigenvalue weighted by atomic mass is 9.83. The third-order valence-corrected chi connectivity index (χ3v) is 4.03. The zero-order valence-corrected chi connectivity index (χ0v) is 11.0. The van der Waals surface area contributed by atoms with Crippen LogP contribution >= 0.6 is 0 Å². The van der Waals surface area contributed by atoms with E-state index in [0.717, 1.165) is 38.5 Å². The molecule has 106 valence electrons. The van der Waals surface area contributed by atoms with Crippen molar-refractivity contribution in [1.29, 1.82) is 0 Å². The number of hydrogen-bond donors (Lipinski definition) is 1. The number of nitrogens with two attached hydrogens (primary N) is 1. The molecule has 1 aliphatic rings. The predicted octanol–water partition coefficient (Wildman–Crippen LogP) is 4.46. The number of halogens is 3. The molecular weight excluding hydrogens is 251 g/mol. The molecule has 1 unspecified atom stereocenters. The Labute approximate surface area is 112 Å². The van der Waals surface area contributed by atoms with Gasteiger partial charge in [-0.15, -0.1) is 0 Å². The second kappa shape index (κ2) is 6.42. The molecule has 1 aromatic rings. The highest BCUT2D eigenvalue weighted by Crippen LogP contribution is 2.33. The molecule has 0 bridgehead atoms. The second-order valence-electron chi connectivity index (χ2n) is 5.41. The molecule has 1 nitrogen and oxygen atoms in total. The molecular formula is C15H20F3N. The van der Waals surface area contributed by atoms with Crippen LogP contribution in [0.5, 0.6) is 0 Å². The summed E-state index contributed by atoms with van der Waals surface area (Å²) < 4.78 is 40.4. The number of benzene rings is 1. The van der Waals surface area contributed by atoms with Gasteiger partial charge in [0.05, 0.1) is 0 Å². The average Bonchev–Trinajstić information content (AvgIpc) is 2.26. The van der Waals surface area contributed by atoms with Crippen LogP contribution in [0.4, 0.5) is 13.2 Å². The fourth-order valence-electron chi connectivity index (χ4n) is 2.95. The van der Waals surface area contributed by atoms with E-state index >= 15 is 0 Å². The minimum absolute atomic E-state index is 0.0785. The molecule has 1 aliphatic carbocycles. The van der Waals surface area contributed by atoms with Crippen molar-refractivity contribution in [3.63, 3.8) is 0 Å². The van der Waals surface area contributed by atoms with Crippen LogP contribution in [-0.4, -0.2) is 0 Å². The molecule has 1 fully saturated rings. The molecule has 0 saturated heterocycles. The van der Waals surface area contributed by atoms with Gasteiger partial charge in [-0.05, 0) is 18.8 Å². The molecule has 0 aromatic heterocycles. The van der Waals surface area contributed by atoms with E-state index in [1.165, 1.54) is 6.42 Å². The van der Waals surface area contributed by atoms with Gasteiger partial charge in [-0.1, -0.05) is 32.1 Å². The van der Waals surface area contributed by atoms with Crippen LogP contribution in [-0.2, 0) is 0 Å². The SMILES string of the molecule is NC(c1c(F)cc(F)cc1F)C1CCCCCCC1. The molecule has 0 radical (unpaired) electrons. The Morgan fingerprint density at radius 3 is 1.89 bits per heavy atom. The Kier molecular flexibility index (Phi) is 4.86. The number of hydrogen-bond acceptors (Lipinski definition) is 1. The van der Waals surface area contributed by atoms with E-state index in [1.807, 2.05) is 0 Å². The van der Waals surface area contributed by atoms with Crippen molar-refractivity contribution in [2.75, 3.05) is 0 Å². The van der Waals surface area contributed by atoms with Crippen molar-refractivity contribution in [2.45, 2.75) is 51.0 Å². The van der Waals surface area contributed by atoms with Crippen molar-refractivity contribution >= 4 is 0 Å². The third-order valence-electron chi connectivity index (χ3n) is 4.03. The van der Waals surface area contributed by atoms with E-state index in [-0.39, 0.29) is 11.5 Å². The van der Waals surface area contributed by atoms with Crippen LogP contribution < -0.4 is 5.73 Å². The molecule has 1 aromatic carbocycles. The summed E-state index contributed by atoms with van der Waals surface area (Å²) in [5.41, 5.74) is 5.88. The molecule has 2 rings (SSSR count). The molecule has 1 saturated carbocycles. The van der Waals surface area contributed by atoms with Crippen molar-refractivity contribution in [3.8, 4) is 0 Å². The van der Waals surface area contributed by atoms with Gasteiger partial charge in [0.1, 0.15) is 17.5 Å². The largest absolute Gasteiger partial charge is 0.324 e. The molecule has 0 spiro atoms. The molecule has 19 heavy (non-hydrogen) atoms. The third kappa shape index (κ3) is 3.50. The Bertz CT molecular complexity index is 402. The van der Waals surface area contributed by atoms with Gasteiger partial charge >= 0.3 is 0 Å². The Morgan fingerprint density at radius 2 is 1.37 bits per heavy atom. The Morgan fingerprint density at radius 1 is 0.895 bits per heavy atom. The lowest BCUT2D eigenvalue weighted by Crippen LogP contribution is -2.24. The van der Waals surface area contributed by atoms with Gasteiger partial charge in [0.25, 0.3) is 0 Å². The molecule has 0 aliphatic heterocycles. The first kappa shape index (κ1) is 14.4. The lowest BCUT2D eigenvalue weighted by molar-refractivity contribution is 0.315. The quantitative estimate of drug-likeness (QED) is 0.844. The van der Waals surface area contributed by atoms with Gasteiger partial charge in [-0.2, -0.15) is 0 Å². The van der Waals surface area contributed by atoms with E-state index in [0.29, 0.717) is 12.1 Å². The molecule has 2 N–H and O–H groups in total. The van der Waals surface area contributed by atoms with Gasteiger partial charge in [0.15, 0.2) is 0 Å². The highest BCUT2D eigenvalue weighted by molar-refractivity contribution is 5.24. The zero-order valence-electron chi connectivity index (χ0n) is 11.0. The summed E-state index contributed by atoms with van der Waals surface area (Å²) in [5.74, 6) is -2.56. The van der Waals surface area contributed by atoms with E-state index in [4.69, 9.17) is 5.73 Å². The summed E-state index contributed by atoms with van der Waals surface area (Å²) in [7, 11) is 0. The van der Waals surface area contributed by atoms with E-state index < -0.39 is 23.5 Å².